The Bertz CT molecular complexity index is 791. The second kappa shape index (κ2) is 5.42. The van der Waals surface area contributed by atoms with Crippen molar-refractivity contribution in [3.05, 3.63) is 57.4 Å². The highest BCUT2D eigenvalue weighted by atomic mass is 32.1. The van der Waals surface area contributed by atoms with Gasteiger partial charge in [0.2, 0.25) is 0 Å². The molecule has 1 aromatic heterocycles. The highest BCUT2D eigenvalue weighted by Gasteiger charge is 2.37. The van der Waals surface area contributed by atoms with Crippen molar-refractivity contribution >= 4 is 34.4 Å². The van der Waals surface area contributed by atoms with Crippen molar-refractivity contribution in [1.29, 1.82) is 0 Å². The van der Waals surface area contributed by atoms with Crippen LogP contribution < -0.4 is 5.32 Å². The van der Waals surface area contributed by atoms with E-state index in [1.54, 1.807) is 0 Å². The normalized spacial score (nSPS) is 15.0. The first-order valence-corrected chi connectivity index (χ1v) is 7.82. The topological polar surface area (TPSA) is 49.4 Å². The number of amides is 2. The van der Waals surface area contributed by atoms with Crippen LogP contribution in [-0.2, 0) is 9.59 Å². The summed E-state index contributed by atoms with van der Waals surface area (Å²) < 4.78 is 0. The minimum atomic E-state index is -0.297. The highest BCUT2D eigenvalue weighted by molar-refractivity contribution is 7.11. The molecule has 0 aliphatic carbocycles. The maximum atomic E-state index is 12.4. The molecule has 2 heterocycles. The van der Waals surface area contributed by atoms with Crippen molar-refractivity contribution in [2.75, 3.05) is 12.4 Å². The van der Waals surface area contributed by atoms with Gasteiger partial charge in [-0.15, -0.1) is 11.3 Å². The van der Waals surface area contributed by atoms with E-state index in [0.29, 0.717) is 11.3 Å². The number of imide groups is 1. The van der Waals surface area contributed by atoms with Crippen molar-refractivity contribution in [1.82, 2.24) is 4.90 Å². The van der Waals surface area contributed by atoms with Gasteiger partial charge < -0.3 is 5.32 Å². The van der Waals surface area contributed by atoms with Gasteiger partial charge >= 0.3 is 0 Å². The van der Waals surface area contributed by atoms with Gasteiger partial charge in [0.1, 0.15) is 5.70 Å². The predicted octanol–water partition coefficient (Wildman–Crippen LogP) is 3.19. The number of carbonyl (C=O) groups is 2. The number of thiophene rings is 1. The molecule has 2 aromatic rings. The van der Waals surface area contributed by atoms with Gasteiger partial charge in [-0.1, -0.05) is 18.2 Å². The molecule has 22 heavy (non-hydrogen) atoms. The zero-order valence-electron chi connectivity index (χ0n) is 12.6. The standard InChI is InChI=1S/C17H16N2O2S/c1-10-6-7-11(2)12(9-10)18-15-14(13-5-4-8-22-13)16(20)19(3)17(15)21/h4-9,18H,1-3H3. The van der Waals surface area contributed by atoms with Crippen LogP contribution in [0.1, 0.15) is 16.0 Å². The van der Waals surface area contributed by atoms with Gasteiger partial charge in [0.15, 0.2) is 0 Å². The van der Waals surface area contributed by atoms with E-state index < -0.39 is 0 Å². The van der Waals surface area contributed by atoms with Crippen LogP contribution >= 0.6 is 11.3 Å². The van der Waals surface area contributed by atoms with E-state index in [1.165, 1.54) is 18.4 Å². The van der Waals surface area contributed by atoms with E-state index in [-0.39, 0.29) is 11.8 Å². The maximum absolute atomic E-state index is 12.4. The Kier molecular flexibility index (Phi) is 3.58. The quantitative estimate of drug-likeness (QED) is 0.886. The van der Waals surface area contributed by atoms with Gasteiger partial charge in [-0.25, -0.2) is 0 Å². The maximum Gasteiger partial charge on any atom is 0.277 e. The highest BCUT2D eigenvalue weighted by Crippen LogP contribution is 2.32. The zero-order chi connectivity index (χ0) is 15.9. The summed E-state index contributed by atoms with van der Waals surface area (Å²) in [5.74, 6) is -0.561. The van der Waals surface area contributed by atoms with Crippen molar-refractivity contribution in [3.63, 3.8) is 0 Å². The van der Waals surface area contributed by atoms with E-state index in [4.69, 9.17) is 0 Å². The van der Waals surface area contributed by atoms with Gasteiger partial charge in [0.25, 0.3) is 11.8 Å². The lowest BCUT2D eigenvalue weighted by atomic mass is 10.1. The summed E-state index contributed by atoms with van der Waals surface area (Å²) in [5.41, 5.74) is 3.77. The number of nitrogens with one attached hydrogen (secondary N) is 1. The molecule has 112 valence electrons. The Hall–Kier alpha value is -2.40. The molecule has 1 aliphatic heterocycles. The van der Waals surface area contributed by atoms with Crippen LogP contribution in [0.3, 0.4) is 0 Å². The van der Waals surface area contributed by atoms with Gasteiger partial charge in [-0.3, -0.25) is 14.5 Å². The molecule has 3 rings (SSSR count). The summed E-state index contributed by atoms with van der Waals surface area (Å²) in [4.78, 5) is 26.7. The Morgan fingerprint density at radius 2 is 1.86 bits per heavy atom. The smallest absolute Gasteiger partial charge is 0.277 e. The Labute approximate surface area is 133 Å². The van der Waals surface area contributed by atoms with E-state index in [0.717, 1.165) is 26.6 Å². The first-order valence-electron chi connectivity index (χ1n) is 6.94. The molecule has 1 aliphatic rings. The number of hydrogen-bond donors (Lipinski definition) is 1. The molecular formula is C17H16N2O2S. The average Bonchev–Trinajstić information content (AvgIpc) is 3.08. The largest absolute Gasteiger partial charge is 0.350 e. The average molecular weight is 312 g/mol. The molecular weight excluding hydrogens is 296 g/mol. The SMILES string of the molecule is Cc1ccc(C)c(NC2=C(c3cccs3)C(=O)N(C)C2=O)c1. The number of nitrogens with zero attached hydrogens (tertiary/aromatic N) is 1. The second-order valence-electron chi connectivity index (χ2n) is 5.34. The summed E-state index contributed by atoms with van der Waals surface area (Å²) >= 11 is 1.45. The molecule has 0 bridgehead atoms. The molecule has 0 atom stereocenters. The predicted molar refractivity (Wildman–Crippen MR) is 88.6 cm³/mol. The number of anilines is 1. The Morgan fingerprint density at radius 1 is 1.09 bits per heavy atom. The summed E-state index contributed by atoms with van der Waals surface area (Å²) in [5, 5.41) is 5.07. The van der Waals surface area contributed by atoms with Crippen LogP contribution in [0.2, 0.25) is 0 Å². The van der Waals surface area contributed by atoms with Gasteiger partial charge in [0.05, 0.1) is 5.57 Å². The molecule has 4 nitrogen and oxygen atoms in total. The number of benzene rings is 1. The Balaban J connectivity index is 2.10. The first kappa shape index (κ1) is 14.5. The molecule has 0 radical (unpaired) electrons. The monoisotopic (exact) mass is 312 g/mol. The lowest BCUT2D eigenvalue weighted by Gasteiger charge is -2.12. The van der Waals surface area contributed by atoms with Gasteiger partial charge in [-0.2, -0.15) is 0 Å². The van der Waals surface area contributed by atoms with Crippen LogP contribution in [0.5, 0.6) is 0 Å². The fourth-order valence-corrected chi connectivity index (χ4v) is 3.18. The van der Waals surface area contributed by atoms with Crippen LogP contribution in [0.15, 0.2) is 41.4 Å². The summed E-state index contributed by atoms with van der Waals surface area (Å²) in [6.07, 6.45) is 0. The fourth-order valence-electron chi connectivity index (χ4n) is 2.41. The summed E-state index contributed by atoms with van der Waals surface area (Å²) in [6.45, 7) is 3.96. The molecule has 0 unspecified atom stereocenters. The van der Waals surface area contributed by atoms with Crippen molar-refractivity contribution in [2.45, 2.75) is 13.8 Å². The number of rotatable bonds is 3. The lowest BCUT2D eigenvalue weighted by molar-refractivity contribution is -0.135. The third kappa shape index (κ3) is 2.33. The number of carbonyl (C=O) groups excluding carboxylic acids is 2. The lowest BCUT2D eigenvalue weighted by Crippen LogP contribution is -2.27. The minimum Gasteiger partial charge on any atom is -0.350 e. The summed E-state index contributed by atoms with van der Waals surface area (Å²) in [6, 6.07) is 9.72. The van der Waals surface area contributed by atoms with E-state index in [9.17, 15) is 9.59 Å². The van der Waals surface area contributed by atoms with Crippen LogP contribution in [0, 0.1) is 13.8 Å². The number of hydrogen-bond acceptors (Lipinski definition) is 4. The molecule has 5 heteroatoms. The molecule has 0 spiro atoms. The molecule has 1 N–H and O–H groups in total. The molecule has 2 amide bonds. The van der Waals surface area contributed by atoms with Crippen molar-refractivity contribution in [2.24, 2.45) is 0 Å². The molecule has 0 fully saturated rings. The van der Waals surface area contributed by atoms with E-state index in [2.05, 4.69) is 5.32 Å². The fraction of sp³-hybridized carbons (Fsp3) is 0.176. The first-order chi connectivity index (χ1) is 10.5. The zero-order valence-corrected chi connectivity index (χ0v) is 13.5. The minimum absolute atomic E-state index is 0.264. The Morgan fingerprint density at radius 3 is 2.55 bits per heavy atom. The third-order valence-electron chi connectivity index (χ3n) is 3.71. The van der Waals surface area contributed by atoms with Crippen LogP contribution in [-0.4, -0.2) is 23.8 Å². The van der Waals surface area contributed by atoms with Crippen molar-refractivity contribution in [3.8, 4) is 0 Å². The summed E-state index contributed by atoms with van der Waals surface area (Å²) in [7, 11) is 1.51. The molecule has 0 saturated heterocycles. The van der Waals surface area contributed by atoms with E-state index in [1.807, 2.05) is 49.6 Å². The van der Waals surface area contributed by atoms with E-state index >= 15 is 0 Å². The third-order valence-corrected chi connectivity index (χ3v) is 4.59. The van der Waals surface area contributed by atoms with Gasteiger partial charge in [0, 0.05) is 17.6 Å². The second-order valence-corrected chi connectivity index (χ2v) is 6.29. The van der Waals surface area contributed by atoms with Crippen LogP contribution in [0.4, 0.5) is 5.69 Å². The number of likely N-dealkylation sites (N-methyl/N-ethyl adjacent to an activating group) is 1. The van der Waals surface area contributed by atoms with Crippen LogP contribution in [0.25, 0.3) is 5.57 Å². The molecule has 0 saturated carbocycles. The van der Waals surface area contributed by atoms with Crippen molar-refractivity contribution < 1.29 is 9.59 Å². The molecule has 1 aromatic carbocycles. The number of aryl methyl sites for hydroxylation is 2. The van der Waals surface area contributed by atoms with Gasteiger partial charge in [-0.05, 0) is 42.5 Å².